The molecule has 0 spiro atoms. The van der Waals surface area contributed by atoms with Crippen LogP contribution in [-0.2, 0) is 0 Å². The molecule has 1 aromatic heterocycles. The van der Waals surface area contributed by atoms with Crippen molar-refractivity contribution in [2.75, 3.05) is 18.5 Å². The fraction of sp³-hybridized carbons (Fsp3) is 0.500. The van der Waals surface area contributed by atoms with Gasteiger partial charge >= 0.3 is 5.97 Å². The van der Waals surface area contributed by atoms with E-state index in [9.17, 15) is 15.0 Å². The molecule has 4 N–H and O–H groups in total. The lowest BCUT2D eigenvalue weighted by Gasteiger charge is -2.30. The summed E-state index contributed by atoms with van der Waals surface area (Å²) >= 11 is 0. The highest BCUT2D eigenvalue weighted by Crippen LogP contribution is 2.19. The molecule has 0 aliphatic carbocycles. The van der Waals surface area contributed by atoms with Gasteiger partial charge in [-0.2, -0.15) is 5.10 Å². The lowest BCUT2D eigenvalue weighted by Crippen LogP contribution is -2.45. The zero-order chi connectivity index (χ0) is 12.9. The summed E-state index contributed by atoms with van der Waals surface area (Å²) in [6.07, 6.45) is 1.68. The molecule has 0 aliphatic heterocycles. The van der Waals surface area contributed by atoms with Crippen LogP contribution in [0, 0.1) is 0 Å². The third-order valence-corrected chi connectivity index (χ3v) is 2.62. The number of nitrogens with zero attached hydrogens (tertiary/aromatic N) is 2. The van der Waals surface area contributed by atoms with Crippen molar-refractivity contribution < 1.29 is 20.1 Å². The van der Waals surface area contributed by atoms with Gasteiger partial charge in [0.05, 0.1) is 24.9 Å². The Hall–Kier alpha value is -1.73. The van der Waals surface area contributed by atoms with Crippen LogP contribution in [0.1, 0.15) is 23.7 Å². The number of carbonyl (C=O) groups is 1. The number of hydrogen-bond acceptors (Lipinski definition) is 6. The van der Waals surface area contributed by atoms with Crippen LogP contribution < -0.4 is 5.32 Å². The van der Waals surface area contributed by atoms with Crippen LogP contribution in [0.15, 0.2) is 12.3 Å². The fourth-order valence-corrected chi connectivity index (χ4v) is 1.29. The van der Waals surface area contributed by atoms with Crippen LogP contribution in [0.4, 0.5) is 5.82 Å². The highest BCUT2D eigenvalue weighted by molar-refractivity contribution is 5.92. The highest BCUT2D eigenvalue weighted by atomic mass is 16.4. The first-order valence-electron chi connectivity index (χ1n) is 5.13. The average molecular weight is 241 g/mol. The molecular weight excluding hydrogens is 226 g/mol. The van der Waals surface area contributed by atoms with E-state index in [1.165, 1.54) is 12.3 Å². The quantitative estimate of drug-likeness (QED) is 0.541. The standard InChI is InChI=1S/C10H15N3O4/c1-2-10(5-14,6-15)12-8-7(9(16)17)3-4-11-13-8/h3-4,14-15H,2,5-6H2,1H3,(H,12,13)(H,16,17). The molecule has 17 heavy (non-hydrogen) atoms. The number of carboxylic acid groups (broad SMARTS) is 1. The molecule has 94 valence electrons. The smallest absolute Gasteiger partial charge is 0.339 e. The molecular formula is C10H15N3O4. The van der Waals surface area contributed by atoms with Crippen molar-refractivity contribution >= 4 is 11.8 Å². The predicted molar refractivity (Wildman–Crippen MR) is 59.8 cm³/mol. The van der Waals surface area contributed by atoms with E-state index in [4.69, 9.17) is 5.11 Å². The number of aliphatic hydroxyl groups is 2. The van der Waals surface area contributed by atoms with Crippen molar-refractivity contribution in [1.29, 1.82) is 0 Å². The first kappa shape index (κ1) is 13.3. The van der Waals surface area contributed by atoms with Crippen LogP contribution in [0.5, 0.6) is 0 Å². The van der Waals surface area contributed by atoms with Crippen molar-refractivity contribution in [3.05, 3.63) is 17.8 Å². The summed E-state index contributed by atoms with van der Waals surface area (Å²) in [7, 11) is 0. The molecule has 0 aliphatic rings. The molecule has 1 aromatic rings. The van der Waals surface area contributed by atoms with E-state index in [0.717, 1.165) is 0 Å². The molecule has 0 fully saturated rings. The highest BCUT2D eigenvalue weighted by Gasteiger charge is 2.28. The van der Waals surface area contributed by atoms with Gasteiger partial charge in [-0.15, -0.1) is 5.10 Å². The Balaban J connectivity index is 3.05. The van der Waals surface area contributed by atoms with Crippen LogP contribution in [-0.4, -0.2) is 50.2 Å². The monoisotopic (exact) mass is 241 g/mol. The lowest BCUT2D eigenvalue weighted by atomic mass is 9.98. The lowest BCUT2D eigenvalue weighted by molar-refractivity contribution is 0.0696. The number of hydrogen-bond donors (Lipinski definition) is 4. The van der Waals surface area contributed by atoms with E-state index in [1.807, 2.05) is 0 Å². The summed E-state index contributed by atoms with van der Waals surface area (Å²) in [4.78, 5) is 10.9. The normalized spacial score (nSPS) is 11.2. The Morgan fingerprint density at radius 2 is 2.12 bits per heavy atom. The van der Waals surface area contributed by atoms with Gasteiger partial charge in [-0.05, 0) is 12.5 Å². The third kappa shape index (κ3) is 2.89. The molecule has 0 saturated carbocycles. The second-order valence-electron chi connectivity index (χ2n) is 3.67. The molecule has 0 unspecified atom stereocenters. The molecule has 0 radical (unpaired) electrons. The van der Waals surface area contributed by atoms with Gasteiger partial charge in [-0.1, -0.05) is 6.92 Å². The number of rotatable bonds is 6. The van der Waals surface area contributed by atoms with Crippen molar-refractivity contribution in [3.63, 3.8) is 0 Å². The summed E-state index contributed by atoms with van der Waals surface area (Å²) in [6.45, 7) is 1.08. The first-order chi connectivity index (χ1) is 8.08. The van der Waals surface area contributed by atoms with E-state index in [2.05, 4.69) is 15.5 Å². The van der Waals surface area contributed by atoms with Crippen molar-refractivity contribution in [2.45, 2.75) is 18.9 Å². The minimum Gasteiger partial charge on any atom is -0.478 e. The summed E-state index contributed by atoms with van der Waals surface area (Å²) in [6, 6.07) is 1.30. The molecule has 1 rings (SSSR count). The Morgan fingerprint density at radius 3 is 2.59 bits per heavy atom. The minimum atomic E-state index is -1.15. The maximum Gasteiger partial charge on any atom is 0.339 e. The van der Waals surface area contributed by atoms with Crippen molar-refractivity contribution in [1.82, 2.24) is 10.2 Å². The molecule has 0 amide bonds. The van der Waals surface area contributed by atoms with E-state index in [-0.39, 0.29) is 24.6 Å². The molecule has 0 saturated heterocycles. The van der Waals surface area contributed by atoms with Gasteiger partial charge in [0, 0.05) is 0 Å². The largest absolute Gasteiger partial charge is 0.478 e. The second kappa shape index (κ2) is 5.55. The van der Waals surface area contributed by atoms with Crippen LogP contribution >= 0.6 is 0 Å². The van der Waals surface area contributed by atoms with Crippen LogP contribution in [0.2, 0.25) is 0 Å². The molecule has 1 heterocycles. The number of anilines is 1. The van der Waals surface area contributed by atoms with Gasteiger partial charge in [-0.25, -0.2) is 4.79 Å². The summed E-state index contributed by atoms with van der Waals surface area (Å²) in [5.74, 6) is -1.12. The summed E-state index contributed by atoms with van der Waals surface area (Å²) in [5, 5.41) is 37.4. The van der Waals surface area contributed by atoms with Gasteiger partial charge in [-0.3, -0.25) is 0 Å². The molecule has 0 aromatic carbocycles. The summed E-state index contributed by atoms with van der Waals surface area (Å²) < 4.78 is 0. The second-order valence-corrected chi connectivity index (χ2v) is 3.67. The van der Waals surface area contributed by atoms with Gasteiger partial charge in [0.15, 0.2) is 5.82 Å². The zero-order valence-electron chi connectivity index (χ0n) is 9.42. The number of carboxylic acids is 1. The Labute approximate surface area is 98.1 Å². The third-order valence-electron chi connectivity index (χ3n) is 2.62. The van der Waals surface area contributed by atoms with Crippen LogP contribution in [0.3, 0.4) is 0 Å². The van der Waals surface area contributed by atoms with Gasteiger partial charge in [0.1, 0.15) is 5.56 Å². The summed E-state index contributed by atoms with van der Waals surface area (Å²) in [5.41, 5.74) is -1.06. The van der Waals surface area contributed by atoms with Gasteiger partial charge in [0.25, 0.3) is 0 Å². The zero-order valence-corrected chi connectivity index (χ0v) is 9.42. The number of nitrogens with one attached hydrogen (secondary N) is 1. The Morgan fingerprint density at radius 1 is 1.47 bits per heavy atom. The number of aromatic carboxylic acids is 1. The molecule has 7 nitrogen and oxygen atoms in total. The molecule has 7 heteroatoms. The molecule has 0 bridgehead atoms. The maximum atomic E-state index is 10.9. The number of aromatic nitrogens is 2. The SMILES string of the molecule is CCC(CO)(CO)Nc1nnccc1C(=O)O. The fourth-order valence-electron chi connectivity index (χ4n) is 1.29. The van der Waals surface area contributed by atoms with Crippen molar-refractivity contribution in [2.24, 2.45) is 0 Å². The van der Waals surface area contributed by atoms with Gasteiger partial charge in [0.2, 0.25) is 0 Å². The maximum absolute atomic E-state index is 10.9. The van der Waals surface area contributed by atoms with E-state index >= 15 is 0 Å². The van der Waals surface area contributed by atoms with E-state index < -0.39 is 11.5 Å². The molecule has 0 atom stereocenters. The average Bonchev–Trinajstić information content (AvgIpc) is 2.36. The van der Waals surface area contributed by atoms with E-state index in [1.54, 1.807) is 6.92 Å². The number of aliphatic hydroxyl groups excluding tert-OH is 2. The van der Waals surface area contributed by atoms with Crippen LogP contribution in [0.25, 0.3) is 0 Å². The predicted octanol–water partition coefficient (Wildman–Crippen LogP) is -0.280. The van der Waals surface area contributed by atoms with E-state index in [0.29, 0.717) is 6.42 Å². The first-order valence-corrected chi connectivity index (χ1v) is 5.13. The topological polar surface area (TPSA) is 116 Å². The van der Waals surface area contributed by atoms with Gasteiger partial charge < -0.3 is 20.6 Å². The minimum absolute atomic E-state index is 0.0324. The Bertz CT molecular complexity index is 385. The van der Waals surface area contributed by atoms with Crippen molar-refractivity contribution in [3.8, 4) is 0 Å². The Kier molecular flexibility index (Phi) is 4.36.